The molecular formula is C10H14N2O. The number of hydrogen-bond acceptors (Lipinski definition) is 3. The molecule has 0 fully saturated rings. The summed E-state index contributed by atoms with van der Waals surface area (Å²) in [6, 6.07) is 0. The molecule has 0 amide bonds. The second-order valence-electron chi connectivity index (χ2n) is 3.17. The molecule has 0 aliphatic carbocycles. The minimum absolute atomic E-state index is 0.0796. The average molecular weight is 178 g/mol. The SMILES string of the molecule is CCC(=O)C(C)Cc1cncnc1. The molecule has 0 N–H and O–H groups in total. The van der Waals surface area contributed by atoms with Crippen LogP contribution in [0.3, 0.4) is 0 Å². The quantitative estimate of drug-likeness (QED) is 0.703. The summed E-state index contributed by atoms with van der Waals surface area (Å²) in [5.74, 6) is 0.375. The molecule has 1 aromatic rings. The fourth-order valence-corrected chi connectivity index (χ4v) is 1.25. The van der Waals surface area contributed by atoms with Crippen LogP contribution < -0.4 is 0 Å². The van der Waals surface area contributed by atoms with Crippen LogP contribution in [0.1, 0.15) is 25.8 Å². The predicted octanol–water partition coefficient (Wildman–Crippen LogP) is 1.63. The van der Waals surface area contributed by atoms with Crippen LogP contribution in [0, 0.1) is 5.92 Å². The second-order valence-corrected chi connectivity index (χ2v) is 3.17. The Balaban J connectivity index is 2.55. The van der Waals surface area contributed by atoms with Crippen molar-refractivity contribution in [2.24, 2.45) is 5.92 Å². The largest absolute Gasteiger partial charge is 0.299 e. The fourth-order valence-electron chi connectivity index (χ4n) is 1.25. The molecule has 1 atom stereocenters. The number of nitrogens with zero attached hydrogens (tertiary/aromatic N) is 2. The van der Waals surface area contributed by atoms with Crippen molar-refractivity contribution in [2.45, 2.75) is 26.7 Å². The molecule has 70 valence electrons. The summed E-state index contributed by atoms with van der Waals surface area (Å²) >= 11 is 0. The lowest BCUT2D eigenvalue weighted by Gasteiger charge is -2.07. The highest BCUT2D eigenvalue weighted by atomic mass is 16.1. The number of Topliss-reactive ketones (excluding diaryl/α,β-unsaturated/α-hetero) is 1. The van der Waals surface area contributed by atoms with Gasteiger partial charge >= 0.3 is 0 Å². The molecule has 1 rings (SSSR count). The average Bonchev–Trinajstić information content (AvgIpc) is 2.18. The van der Waals surface area contributed by atoms with Crippen molar-refractivity contribution in [3.63, 3.8) is 0 Å². The van der Waals surface area contributed by atoms with Gasteiger partial charge in [-0.25, -0.2) is 9.97 Å². The lowest BCUT2D eigenvalue weighted by molar-refractivity contribution is -0.122. The molecule has 0 bridgehead atoms. The molecular weight excluding hydrogens is 164 g/mol. The molecule has 0 saturated heterocycles. The summed E-state index contributed by atoms with van der Waals surface area (Å²) in [5.41, 5.74) is 1.02. The van der Waals surface area contributed by atoms with E-state index >= 15 is 0 Å². The number of carbonyl (C=O) groups excluding carboxylic acids is 1. The van der Waals surface area contributed by atoms with Gasteiger partial charge in [0.15, 0.2) is 0 Å². The van der Waals surface area contributed by atoms with Gasteiger partial charge in [-0.3, -0.25) is 4.79 Å². The molecule has 0 aliphatic rings. The fraction of sp³-hybridized carbons (Fsp3) is 0.500. The molecule has 0 aromatic carbocycles. The molecule has 13 heavy (non-hydrogen) atoms. The Labute approximate surface area is 78.2 Å². The van der Waals surface area contributed by atoms with Gasteiger partial charge in [0.05, 0.1) is 0 Å². The maximum Gasteiger partial charge on any atom is 0.135 e. The highest BCUT2D eigenvalue weighted by Gasteiger charge is 2.10. The van der Waals surface area contributed by atoms with Gasteiger partial charge in [0.1, 0.15) is 12.1 Å². The van der Waals surface area contributed by atoms with Crippen molar-refractivity contribution in [1.29, 1.82) is 0 Å². The molecule has 1 unspecified atom stereocenters. The summed E-state index contributed by atoms with van der Waals surface area (Å²) in [7, 11) is 0. The summed E-state index contributed by atoms with van der Waals surface area (Å²) in [4.78, 5) is 19.1. The van der Waals surface area contributed by atoms with Crippen LogP contribution in [0.2, 0.25) is 0 Å². The lowest BCUT2D eigenvalue weighted by Crippen LogP contribution is -2.12. The van der Waals surface area contributed by atoms with Gasteiger partial charge in [0.2, 0.25) is 0 Å². The number of rotatable bonds is 4. The molecule has 3 heteroatoms. The smallest absolute Gasteiger partial charge is 0.135 e. The third kappa shape index (κ3) is 2.93. The van der Waals surface area contributed by atoms with Gasteiger partial charge in [0.25, 0.3) is 0 Å². The van der Waals surface area contributed by atoms with Crippen LogP contribution in [0.5, 0.6) is 0 Å². The Morgan fingerprint density at radius 1 is 1.46 bits per heavy atom. The van der Waals surface area contributed by atoms with E-state index in [2.05, 4.69) is 9.97 Å². The van der Waals surface area contributed by atoms with Crippen LogP contribution in [0.25, 0.3) is 0 Å². The molecule has 3 nitrogen and oxygen atoms in total. The summed E-state index contributed by atoms with van der Waals surface area (Å²) < 4.78 is 0. The van der Waals surface area contributed by atoms with E-state index in [-0.39, 0.29) is 5.92 Å². The number of carbonyl (C=O) groups is 1. The Hall–Kier alpha value is -1.25. The van der Waals surface area contributed by atoms with Gasteiger partial charge in [0, 0.05) is 24.7 Å². The van der Waals surface area contributed by atoms with E-state index in [9.17, 15) is 4.79 Å². The van der Waals surface area contributed by atoms with Crippen LogP contribution in [0.15, 0.2) is 18.7 Å². The molecule has 0 aliphatic heterocycles. The Bertz CT molecular complexity index is 272. The minimum atomic E-state index is 0.0796. The number of aromatic nitrogens is 2. The third-order valence-electron chi connectivity index (χ3n) is 2.05. The predicted molar refractivity (Wildman–Crippen MR) is 50.2 cm³/mol. The van der Waals surface area contributed by atoms with Crippen molar-refractivity contribution in [3.05, 3.63) is 24.3 Å². The molecule has 0 saturated carbocycles. The van der Waals surface area contributed by atoms with Crippen LogP contribution in [-0.2, 0) is 11.2 Å². The maximum atomic E-state index is 11.3. The third-order valence-corrected chi connectivity index (χ3v) is 2.05. The van der Waals surface area contributed by atoms with E-state index in [4.69, 9.17) is 0 Å². The van der Waals surface area contributed by atoms with E-state index in [1.54, 1.807) is 12.4 Å². The van der Waals surface area contributed by atoms with Gasteiger partial charge in [-0.15, -0.1) is 0 Å². The molecule has 0 spiro atoms. The van der Waals surface area contributed by atoms with Gasteiger partial charge < -0.3 is 0 Å². The normalized spacial score (nSPS) is 12.5. The van der Waals surface area contributed by atoms with E-state index in [1.807, 2.05) is 13.8 Å². The Morgan fingerprint density at radius 3 is 2.62 bits per heavy atom. The number of ketones is 1. The van der Waals surface area contributed by atoms with Gasteiger partial charge in [-0.05, 0) is 12.0 Å². The minimum Gasteiger partial charge on any atom is -0.299 e. The van der Waals surface area contributed by atoms with E-state index in [0.717, 1.165) is 12.0 Å². The first-order valence-corrected chi connectivity index (χ1v) is 4.50. The topological polar surface area (TPSA) is 42.9 Å². The van der Waals surface area contributed by atoms with Crippen LogP contribution in [-0.4, -0.2) is 15.8 Å². The zero-order chi connectivity index (χ0) is 9.68. The van der Waals surface area contributed by atoms with Gasteiger partial charge in [-0.2, -0.15) is 0 Å². The van der Waals surface area contributed by atoms with Crippen molar-refractivity contribution >= 4 is 5.78 Å². The second kappa shape index (κ2) is 4.70. The summed E-state index contributed by atoms with van der Waals surface area (Å²) in [6.07, 6.45) is 6.36. The van der Waals surface area contributed by atoms with Crippen molar-refractivity contribution in [2.75, 3.05) is 0 Å². The highest BCUT2D eigenvalue weighted by Crippen LogP contribution is 2.08. The zero-order valence-electron chi connectivity index (χ0n) is 8.03. The van der Waals surface area contributed by atoms with Crippen LogP contribution >= 0.6 is 0 Å². The lowest BCUT2D eigenvalue weighted by atomic mass is 9.97. The summed E-state index contributed by atoms with van der Waals surface area (Å²) in [5, 5.41) is 0. The van der Waals surface area contributed by atoms with E-state index in [0.29, 0.717) is 12.2 Å². The Morgan fingerprint density at radius 2 is 2.08 bits per heavy atom. The van der Waals surface area contributed by atoms with Crippen LogP contribution in [0.4, 0.5) is 0 Å². The highest BCUT2D eigenvalue weighted by molar-refractivity contribution is 5.80. The Kier molecular flexibility index (Phi) is 3.55. The van der Waals surface area contributed by atoms with Crippen molar-refractivity contribution < 1.29 is 4.79 Å². The van der Waals surface area contributed by atoms with Crippen molar-refractivity contribution in [1.82, 2.24) is 9.97 Å². The first-order valence-electron chi connectivity index (χ1n) is 4.50. The van der Waals surface area contributed by atoms with E-state index < -0.39 is 0 Å². The maximum absolute atomic E-state index is 11.3. The van der Waals surface area contributed by atoms with Crippen molar-refractivity contribution in [3.8, 4) is 0 Å². The summed E-state index contributed by atoms with van der Waals surface area (Å²) in [6.45, 7) is 3.83. The zero-order valence-corrected chi connectivity index (χ0v) is 8.03. The molecule has 1 heterocycles. The standard InChI is InChI=1S/C10H14N2O/c1-3-10(13)8(2)4-9-5-11-7-12-6-9/h5-8H,3-4H2,1-2H3. The first kappa shape index (κ1) is 9.84. The molecule has 1 aromatic heterocycles. The van der Waals surface area contributed by atoms with Gasteiger partial charge in [-0.1, -0.05) is 13.8 Å². The van der Waals surface area contributed by atoms with E-state index in [1.165, 1.54) is 6.33 Å². The first-order chi connectivity index (χ1) is 6.24. The number of hydrogen-bond donors (Lipinski definition) is 0. The molecule has 0 radical (unpaired) electrons. The monoisotopic (exact) mass is 178 g/mol.